The van der Waals surface area contributed by atoms with Crippen LogP contribution in [0.3, 0.4) is 0 Å². The number of rotatable bonds is 2. The van der Waals surface area contributed by atoms with E-state index in [2.05, 4.69) is 5.32 Å². The molecule has 0 aliphatic carbocycles. The van der Waals surface area contributed by atoms with Gasteiger partial charge in [0.15, 0.2) is 0 Å². The quantitative estimate of drug-likeness (QED) is 0.827. The van der Waals surface area contributed by atoms with Crippen molar-refractivity contribution in [3.05, 3.63) is 64.6 Å². The second-order valence-corrected chi connectivity index (χ2v) is 6.77. The number of hydrogen-bond donors (Lipinski definition) is 1. The molecule has 6 nitrogen and oxygen atoms in total. The fourth-order valence-corrected chi connectivity index (χ4v) is 3.53. The summed E-state index contributed by atoms with van der Waals surface area (Å²) in [6.07, 6.45) is 1.63. The van der Waals surface area contributed by atoms with E-state index in [4.69, 9.17) is 4.74 Å². The molecule has 0 unspecified atom stereocenters. The molecular formula is C19H14N2O4S. The van der Waals surface area contributed by atoms with Crippen LogP contribution < -0.4 is 15.0 Å². The molecular weight excluding hydrogens is 352 g/mol. The Morgan fingerprint density at radius 1 is 1.15 bits per heavy atom. The first-order valence-electron chi connectivity index (χ1n) is 8.00. The van der Waals surface area contributed by atoms with Gasteiger partial charge >= 0.3 is 0 Å². The molecule has 2 heterocycles. The summed E-state index contributed by atoms with van der Waals surface area (Å²) in [5, 5.41) is 1.84. The van der Waals surface area contributed by atoms with E-state index < -0.39 is 5.91 Å². The highest BCUT2D eigenvalue weighted by molar-refractivity contribution is 8.18. The Hall–Kier alpha value is -3.06. The molecule has 0 radical (unpaired) electrons. The van der Waals surface area contributed by atoms with Crippen molar-refractivity contribution in [2.45, 2.75) is 0 Å². The number of fused-ring (bicyclic) bond motifs is 1. The lowest BCUT2D eigenvalue weighted by Crippen LogP contribution is -2.37. The van der Waals surface area contributed by atoms with Crippen molar-refractivity contribution in [2.24, 2.45) is 0 Å². The van der Waals surface area contributed by atoms with E-state index in [1.165, 1.54) is 0 Å². The molecule has 2 aromatic rings. The molecule has 130 valence electrons. The Bertz CT molecular complexity index is 940. The largest absolute Gasteiger partial charge is 0.490 e. The Kier molecular flexibility index (Phi) is 4.22. The molecule has 0 atom stereocenters. The number of amides is 3. The van der Waals surface area contributed by atoms with Crippen molar-refractivity contribution >= 4 is 40.6 Å². The molecule has 2 aliphatic heterocycles. The van der Waals surface area contributed by atoms with Crippen LogP contribution in [0, 0.1) is 0 Å². The van der Waals surface area contributed by atoms with Crippen LogP contribution in [0.4, 0.5) is 10.5 Å². The van der Waals surface area contributed by atoms with Gasteiger partial charge in [-0.15, -0.1) is 0 Å². The Balaban J connectivity index is 1.64. The zero-order chi connectivity index (χ0) is 18.1. The van der Waals surface area contributed by atoms with Crippen LogP contribution in [0.5, 0.6) is 5.75 Å². The van der Waals surface area contributed by atoms with Gasteiger partial charge in [-0.2, -0.15) is 0 Å². The number of nitrogens with zero attached hydrogens (tertiary/aromatic N) is 1. The number of anilines is 1. The van der Waals surface area contributed by atoms with E-state index in [1.54, 1.807) is 41.3 Å². The van der Waals surface area contributed by atoms with Crippen molar-refractivity contribution < 1.29 is 19.1 Å². The molecule has 2 aliphatic rings. The maximum Gasteiger partial charge on any atom is 0.290 e. The highest BCUT2D eigenvalue weighted by atomic mass is 32.2. The van der Waals surface area contributed by atoms with Gasteiger partial charge in [0.1, 0.15) is 12.4 Å². The summed E-state index contributed by atoms with van der Waals surface area (Å²) >= 11 is 0.865. The average Bonchev–Trinajstić information content (AvgIpc) is 2.98. The minimum absolute atomic E-state index is 0.0856. The molecule has 4 rings (SSSR count). The summed E-state index contributed by atoms with van der Waals surface area (Å²) < 4.78 is 5.70. The van der Waals surface area contributed by atoms with Gasteiger partial charge in [-0.3, -0.25) is 19.7 Å². The maximum atomic E-state index is 12.8. The predicted molar refractivity (Wildman–Crippen MR) is 99.2 cm³/mol. The molecule has 2 aromatic carbocycles. The van der Waals surface area contributed by atoms with Crippen LogP contribution in [-0.4, -0.2) is 30.2 Å². The fraction of sp³-hybridized carbons (Fsp3) is 0.105. The number of ether oxygens (including phenoxy) is 1. The molecule has 0 spiro atoms. The monoisotopic (exact) mass is 366 g/mol. The molecule has 0 saturated carbocycles. The Labute approximate surface area is 153 Å². The summed E-state index contributed by atoms with van der Waals surface area (Å²) in [6, 6.07) is 14.4. The molecule has 1 N–H and O–H groups in total. The van der Waals surface area contributed by atoms with Crippen molar-refractivity contribution in [2.75, 3.05) is 18.1 Å². The summed E-state index contributed by atoms with van der Waals surface area (Å²) in [4.78, 5) is 37.7. The lowest BCUT2D eigenvalue weighted by Gasteiger charge is -2.29. The lowest BCUT2D eigenvalue weighted by atomic mass is 10.1. The van der Waals surface area contributed by atoms with E-state index in [0.717, 1.165) is 17.3 Å². The lowest BCUT2D eigenvalue weighted by molar-refractivity contribution is -0.115. The van der Waals surface area contributed by atoms with Gasteiger partial charge in [-0.25, -0.2) is 0 Å². The highest BCUT2D eigenvalue weighted by Gasteiger charge is 2.27. The molecule has 3 amide bonds. The van der Waals surface area contributed by atoms with Gasteiger partial charge in [-0.1, -0.05) is 24.3 Å². The zero-order valence-corrected chi connectivity index (χ0v) is 14.4. The topological polar surface area (TPSA) is 75.7 Å². The third-order valence-corrected chi connectivity index (χ3v) is 4.86. The standard InChI is InChI=1S/C19H14N2O4S/c22-17-16(26-19(24)20-17)11-12-6-7-14-15(10-12)25-9-8-21(14)18(23)13-4-2-1-3-5-13/h1-7,10-11H,8-9H2,(H,20,22,24)/b16-11-. The Morgan fingerprint density at radius 2 is 1.96 bits per heavy atom. The van der Waals surface area contributed by atoms with Gasteiger partial charge in [0.05, 0.1) is 17.1 Å². The second-order valence-electron chi connectivity index (χ2n) is 5.75. The minimum atomic E-state index is -0.403. The van der Waals surface area contributed by atoms with Crippen LogP contribution in [0.2, 0.25) is 0 Å². The third-order valence-electron chi connectivity index (χ3n) is 4.05. The SMILES string of the molecule is O=C1NC(=O)/C(=C/c2ccc3c(c2)OCCN3C(=O)c2ccccc2)S1. The van der Waals surface area contributed by atoms with Gasteiger partial charge in [0, 0.05) is 5.56 Å². The van der Waals surface area contributed by atoms with E-state index in [9.17, 15) is 14.4 Å². The van der Waals surface area contributed by atoms with E-state index in [-0.39, 0.29) is 11.1 Å². The molecule has 7 heteroatoms. The molecule has 26 heavy (non-hydrogen) atoms. The molecule has 1 saturated heterocycles. The van der Waals surface area contributed by atoms with Gasteiger partial charge in [-0.05, 0) is 47.7 Å². The first-order chi connectivity index (χ1) is 12.6. The summed E-state index contributed by atoms with van der Waals surface area (Å²) in [7, 11) is 0. The first kappa shape index (κ1) is 16.4. The van der Waals surface area contributed by atoms with E-state index >= 15 is 0 Å². The van der Waals surface area contributed by atoms with Gasteiger partial charge in [0.2, 0.25) is 0 Å². The van der Waals surface area contributed by atoms with Crippen LogP contribution in [0.25, 0.3) is 6.08 Å². The summed E-state index contributed by atoms with van der Waals surface area (Å²) in [5.41, 5.74) is 2.03. The summed E-state index contributed by atoms with van der Waals surface area (Å²) in [5.74, 6) is 0.0849. The number of thioether (sulfide) groups is 1. The smallest absolute Gasteiger partial charge is 0.290 e. The zero-order valence-electron chi connectivity index (χ0n) is 13.6. The van der Waals surface area contributed by atoms with Crippen molar-refractivity contribution in [3.63, 3.8) is 0 Å². The van der Waals surface area contributed by atoms with E-state index in [0.29, 0.717) is 35.1 Å². The average molecular weight is 366 g/mol. The van der Waals surface area contributed by atoms with Crippen LogP contribution in [0.15, 0.2) is 53.4 Å². The molecule has 0 bridgehead atoms. The number of nitrogens with one attached hydrogen (secondary N) is 1. The molecule has 0 aromatic heterocycles. The Morgan fingerprint density at radius 3 is 2.69 bits per heavy atom. The number of carbonyl (C=O) groups is 3. The minimum Gasteiger partial charge on any atom is -0.490 e. The van der Waals surface area contributed by atoms with Crippen molar-refractivity contribution in [3.8, 4) is 5.75 Å². The number of carbonyl (C=O) groups excluding carboxylic acids is 3. The van der Waals surface area contributed by atoms with E-state index in [1.807, 2.05) is 18.2 Å². The third kappa shape index (κ3) is 3.09. The van der Waals surface area contributed by atoms with Gasteiger partial charge < -0.3 is 9.64 Å². The van der Waals surface area contributed by atoms with Crippen molar-refractivity contribution in [1.82, 2.24) is 5.32 Å². The van der Waals surface area contributed by atoms with Crippen LogP contribution in [-0.2, 0) is 4.79 Å². The first-order valence-corrected chi connectivity index (χ1v) is 8.82. The van der Waals surface area contributed by atoms with Gasteiger partial charge in [0.25, 0.3) is 17.1 Å². The number of imide groups is 1. The fourth-order valence-electron chi connectivity index (χ4n) is 2.85. The molecule has 1 fully saturated rings. The van der Waals surface area contributed by atoms with Crippen molar-refractivity contribution in [1.29, 1.82) is 0 Å². The van der Waals surface area contributed by atoms with Crippen LogP contribution in [0.1, 0.15) is 15.9 Å². The van der Waals surface area contributed by atoms with Crippen LogP contribution >= 0.6 is 11.8 Å². The summed E-state index contributed by atoms with van der Waals surface area (Å²) in [6.45, 7) is 0.854. The normalized spacial score (nSPS) is 17.7. The maximum absolute atomic E-state index is 12.8. The number of hydrogen-bond acceptors (Lipinski definition) is 5. The highest BCUT2D eigenvalue weighted by Crippen LogP contribution is 2.35. The second kappa shape index (κ2) is 6.68. The number of benzene rings is 2. The predicted octanol–water partition coefficient (Wildman–Crippen LogP) is 3.05.